The van der Waals surface area contributed by atoms with Gasteiger partial charge in [0.2, 0.25) is 0 Å². The molecule has 1 aliphatic rings. The van der Waals surface area contributed by atoms with Crippen molar-refractivity contribution in [2.45, 2.75) is 38.6 Å². The first-order valence-electron chi connectivity index (χ1n) is 9.33. The fourth-order valence-corrected chi connectivity index (χ4v) is 3.54. The molecule has 0 radical (unpaired) electrons. The van der Waals surface area contributed by atoms with Crippen LogP contribution in [-0.4, -0.2) is 29.4 Å². The Labute approximate surface area is 160 Å². The minimum atomic E-state index is -0.612. The van der Waals surface area contributed by atoms with Gasteiger partial charge in [-0.2, -0.15) is 0 Å². The number of H-pyrrole nitrogens is 1. The molecule has 2 heterocycles. The average Bonchev–Trinajstić information content (AvgIpc) is 3.28. The number of nitrogens with one attached hydrogen (secondary N) is 3. The van der Waals surface area contributed by atoms with Gasteiger partial charge in [-0.05, 0) is 38.3 Å². The van der Waals surface area contributed by atoms with Gasteiger partial charge < -0.3 is 19.5 Å². The number of benzene rings is 1. The van der Waals surface area contributed by atoms with Crippen molar-refractivity contribution in [3.05, 3.63) is 57.5 Å². The Balaban J connectivity index is 1.38. The third-order valence-corrected chi connectivity index (χ3v) is 4.95. The quantitative estimate of drug-likeness (QED) is 0.624. The van der Waals surface area contributed by atoms with Crippen molar-refractivity contribution in [1.29, 1.82) is 0 Å². The molecular formula is C20H21N3O5. The van der Waals surface area contributed by atoms with Gasteiger partial charge in [-0.1, -0.05) is 6.07 Å². The third kappa shape index (κ3) is 3.45. The summed E-state index contributed by atoms with van der Waals surface area (Å²) in [5, 5.41) is 5.66. The summed E-state index contributed by atoms with van der Waals surface area (Å²) < 4.78 is 10.5. The molecule has 0 aliphatic heterocycles. The van der Waals surface area contributed by atoms with Gasteiger partial charge in [-0.3, -0.25) is 14.6 Å². The maximum atomic E-state index is 12.5. The van der Waals surface area contributed by atoms with E-state index in [4.69, 9.17) is 8.83 Å². The van der Waals surface area contributed by atoms with Crippen LogP contribution in [0.25, 0.3) is 11.1 Å². The van der Waals surface area contributed by atoms with Crippen LogP contribution < -0.4 is 16.4 Å². The zero-order chi connectivity index (χ0) is 19.7. The van der Waals surface area contributed by atoms with E-state index in [1.165, 1.54) is 6.26 Å². The second-order valence-corrected chi connectivity index (χ2v) is 7.04. The molecule has 8 heteroatoms. The number of aromatic amines is 1. The molecule has 1 atom stereocenters. The van der Waals surface area contributed by atoms with Crippen LogP contribution in [0.5, 0.6) is 0 Å². The molecule has 1 aromatic carbocycles. The first-order chi connectivity index (χ1) is 13.5. The van der Waals surface area contributed by atoms with Gasteiger partial charge in [0.25, 0.3) is 11.8 Å². The molecule has 3 aromatic rings. The Bertz CT molecular complexity index is 1090. The number of carbonyl (C=O) groups excluding carboxylic acids is 2. The first kappa shape index (κ1) is 18.1. The van der Waals surface area contributed by atoms with E-state index < -0.39 is 5.76 Å². The molecule has 3 N–H and O–H groups in total. The lowest BCUT2D eigenvalue weighted by atomic mass is 9.95. The van der Waals surface area contributed by atoms with Crippen LogP contribution in [0.2, 0.25) is 0 Å². The Morgan fingerprint density at radius 1 is 1.18 bits per heavy atom. The molecule has 0 saturated carbocycles. The number of carbonyl (C=O) groups is 2. The van der Waals surface area contributed by atoms with Crippen LogP contribution in [-0.2, 0) is 12.8 Å². The summed E-state index contributed by atoms with van der Waals surface area (Å²) in [6, 6.07) is 4.54. The summed E-state index contributed by atoms with van der Waals surface area (Å²) in [6.45, 7) is 2.06. The molecule has 0 bridgehead atoms. The summed E-state index contributed by atoms with van der Waals surface area (Å²) >= 11 is 0. The molecule has 28 heavy (non-hydrogen) atoms. The largest absolute Gasteiger partial charge is 0.468 e. The number of aryl methyl sites for hydroxylation is 1. The van der Waals surface area contributed by atoms with Crippen molar-refractivity contribution < 1.29 is 18.4 Å². The molecule has 4 rings (SSSR count). The van der Waals surface area contributed by atoms with Crippen molar-refractivity contribution in [1.82, 2.24) is 15.6 Å². The van der Waals surface area contributed by atoms with Crippen LogP contribution in [0.1, 0.15) is 51.8 Å². The zero-order valence-electron chi connectivity index (χ0n) is 15.5. The minimum absolute atomic E-state index is 0.200. The summed E-state index contributed by atoms with van der Waals surface area (Å²) in [5.74, 6) is -0.265. The Kier molecular flexibility index (Phi) is 4.77. The molecule has 146 valence electrons. The second kappa shape index (κ2) is 7.38. The van der Waals surface area contributed by atoms with Gasteiger partial charge in [0.15, 0.2) is 5.58 Å². The van der Waals surface area contributed by atoms with Crippen molar-refractivity contribution in [2.75, 3.05) is 6.54 Å². The molecular weight excluding hydrogens is 362 g/mol. The number of aromatic nitrogens is 1. The maximum absolute atomic E-state index is 12.5. The number of hydrogen-bond acceptors (Lipinski definition) is 5. The van der Waals surface area contributed by atoms with Crippen molar-refractivity contribution in [2.24, 2.45) is 0 Å². The standard InChI is InChI=1S/C20H21N3O5/c1-11(9-21-18(24)14-10-27-15-7-3-2-5-12(14)15)22-19(25)13-6-4-8-16-17(13)23-20(26)28-16/h4,6,8,10-11H,2-3,5,7,9H2,1H3,(H,21,24)(H,22,25)(H,23,26)/t11-/m1/s1. The fourth-order valence-electron chi connectivity index (χ4n) is 3.54. The van der Waals surface area contributed by atoms with Gasteiger partial charge in [-0.15, -0.1) is 0 Å². The van der Waals surface area contributed by atoms with E-state index in [-0.39, 0.29) is 24.4 Å². The van der Waals surface area contributed by atoms with Gasteiger partial charge >= 0.3 is 5.76 Å². The highest BCUT2D eigenvalue weighted by Gasteiger charge is 2.22. The number of hydrogen-bond donors (Lipinski definition) is 3. The van der Waals surface area contributed by atoms with Crippen molar-refractivity contribution in [3.8, 4) is 0 Å². The monoisotopic (exact) mass is 383 g/mol. The molecule has 2 amide bonds. The molecule has 0 unspecified atom stereocenters. The van der Waals surface area contributed by atoms with E-state index in [9.17, 15) is 14.4 Å². The van der Waals surface area contributed by atoms with E-state index in [2.05, 4.69) is 15.6 Å². The number of rotatable bonds is 5. The van der Waals surface area contributed by atoms with Crippen LogP contribution in [0, 0.1) is 0 Å². The predicted molar refractivity (Wildman–Crippen MR) is 101 cm³/mol. The molecule has 0 spiro atoms. The Morgan fingerprint density at radius 2 is 2.00 bits per heavy atom. The van der Waals surface area contributed by atoms with Crippen LogP contribution in [0.15, 0.2) is 38.1 Å². The van der Waals surface area contributed by atoms with E-state index in [1.807, 2.05) is 0 Å². The number of furan rings is 1. The summed E-state index contributed by atoms with van der Waals surface area (Å²) in [5.41, 5.74) is 2.56. The lowest BCUT2D eigenvalue weighted by Gasteiger charge is -2.15. The van der Waals surface area contributed by atoms with Gasteiger partial charge in [0, 0.05) is 24.6 Å². The normalized spacial score (nSPS) is 14.5. The van der Waals surface area contributed by atoms with E-state index in [1.54, 1.807) is 25.1 Å². The third-order valence-electron chi connectivity index (χ3n) is 4.95. The topological polar surface area (TPSA) is 117 Å². The molecule has 8 nitrogen and oxygen atoms in total. The zero-order valence-corrected chi connectivity index (χ0v) is 15.5. The smallest absolute Gasteiger partial charge is 0.417 e. The lowest BCUT2D eigenvalue weighted by Crippen LogP contribution is -2.42. The van der Waals surface area contributed by atoms with E-state index >= 15 is 0 Å². The maximum Gasteiger partial charge on any atom is 0.417 e. The second-order valence-electron chi connectivity index (χ2n) is 7.04. The van der Waals surface area contributed by atoms with E-state index in [0.29, 0.717) is 22.2 Å². The molecule has 0 saturated heterocycles. The first-order valence-corrected chi connectivity index (χ1v) is 9.33. The minimum Gasteiger partial charge on any atom is -0.468 e. The molecule has 1 aliphatic carbocycles. The van der Waals surface area contributed by atoms with Crippen LogP contribution >= 0.6 is 0 Å². The summed E-state index contributed by atoms with van der Waals surface area (Å²) in [7, 11) is 0. The van der Waals surface area contributed by atoms with E-state index in [0.717, 1.165) is 37.0 Å². The van der Waals surface area contributed by atoms with Crippen LogP contribution in [0.4, 0.5) is 0 Å². The van der Waals surface area contributed by atoms with Gasteiger partial charge in [0.1, 0.15) is 12.0 Å². The fraction of sp³-hybridized carbons (Fsp3) is 0.350. The highest BCUT2D eigenvalue weighted by Crippen LogP contribution is 2.26. The highest BCUT2D eigenvalue weighted by molar-refractivity contribution is 6.04. The Morgan fingerprint density at radius 3 is 2.86 bits per heavy atom. The number of para-hydroxylation sites is 1. The summed E-state index contributed by atoms with van der Waals surface area (Å²) in [6.07, 6.45) is 5.38. The van der Waals surface area contributed by atoms with Crippen molar-refractivity contribution >= 4 is 22.9 Å². The van der Waals surface area contributed by atoms with Gasteiger partial charge in [-0.25, -0.2) is 4.79 Å². The summed E-state index contributed by atoms with van der Waals surface area (Å²) in [4.78, 5) is 38.9. The highest BCUT2D eigenvalue weighted by atomic mass is 16.4. The lowest BCUT2D eigenvalue weighted by molar-refractivity contribution is 0.0912. The SMILES string of the molecule is C[C@H](CNC(=O)c1coc2c1CCCC2)NC(=O)c1cccc2oc(=O)[nH]c12. The molecule has 0 fully saturated rings. The number of oxazole rings is 1. The average molecular weight is 383 g/mol. The number of amides is 2. The molecule has 2 aromatic heterocycles. The Hall–Kier alpha value is -3.29. The van der Waals surface area contributed by atoms with Crippen molar-refractivity contribution in [3.63, 3.8) is 0 Å². The van der Waals surface area contributed by atoms with Gasteiger partial charge in [0.05, 0.1) is 16.6 Å². The predicted octanol–water partition coefficient (Wildman–Crippen LogP) is 2.14. The number of fused-ring (bicyclic) bond motifs is 2. The van der Waals surface area contributed by atoms with Crippen LogP contribution in [0.3, 0.4) is 0 Å².